The number of amides is 1. The summed E-state index contributed by atoms with van der Waals surface area (Å²) in [6.45, 7) is 0. The van der Waals surface area contributed by atoms with Gasteiger partial charge >= 0.3 is 0 Å². The molecule has 4 nitrogen and oxygen atoms in total. The lowest BCUT2D eigenvalue weighted by Crippen LogP contribution is -2.44. The number of aryl methyl sites for hydroxylation is 1. The van der Waals surface area contributed by atoms with E-state index in [1.807, 2.05) is 24.3 Å². The number of hydrazine groups is 1. The first-order valence-corrected chi connectivity index (χ1v) is 6.45. The van der Waals surface area contributed by atoms with Gasteiger partial charge in [0.2, 0.25) is 5.91 Å². The molecule has 1 amide bonds. The first-order valence-electron chi connectivity index (χ1n) is 5.66. The van der Waals surface area contributed by atoms with E-state index in [0.29, 0.717) is 6.42 Å². The Bertz CT molecular complexity index is 408. The van der Waals surface area contributed by atoms with Crippen LogP contribution in [0.1, 0.15) is 24.8 Å². The van der Waals surface area contributed by atoms with E-state index in [4.69, 9.17) is 17.3 Å². The van der Waals surface area contributed by atoms with Crippen molar-refractivity contribution in [3.8, 4) is 0 Å². The lowest BCUT2D eigenvalue weighted by molar-refractivity contribution is -0.121. The number of nitrogens with two attached hydrogens (primary N) is 1. The van der Waals surface area contributed by atoms with E-state index < -0.39 is 0 Å². The summed E-state index contributed by atoms with van der Waals surface area (Å²) < 4.78 is 0. The Morgan fingerprint density at radius 1 is 1.22 bits per heavy atom. The molecule has 6 heteroatoms. The van der Waals surface area contributed by atoms with E-state index in [1.165, 1.54) is 5.56 Å². The zero-order valence-corrected chi connectivity index (χ0v) is 11.5. The fraction of sp³-hybridized carbons (Fsp3) is 0.333. The molecule has 0 aliphatic carbocycles. The summed E-state index contributed by atoms with van der Waals surface area (Å²) in [6.07, 6.45) is 3.14. The van der Waals surface area contributed by atoms with Crippen molar-refractivity contribution in [2.45, 2.75) is 25.7 Å². The summed E-state index contributed by atoms with van der Waals surface area (Å²) in [4.78, 5) is 11.3. The third-order valence-electron chi connectivity index (χ3n) is 2.36. The third-order valence-corrected chi connectivity index (χ3v) is 2.71. The van der Waals surface area contributed by atoms with Crippen molar-refractivity contribution in [2.75, 3.05) is 0 Å². The number of unbranched alkanes of at least 4 members (excludes halogenated alkanes) is 1. The molecular formula is C12H16ClN3OS. The highest BCUT2D eigenvalue weighted by atomic mass is 35.5. The van der Waals surface area contributed by atoms with E-state index in [9.17, 15) is 4.79 Å². The van der Waals surface area contributed by atoms with Gasteiger partial charge in [0, 0.05) is 11.4 Å². The van der Waals surface area contributed by atoms with Crippen LogP contribution in [0.4, 0.5) is 0 Å². The molecular weight excluding hydrogens is 270 g/mol. The number of nitrogens with one attached hydrogen (secondary N) is 2. The molecule has 0 heterocycles. The van der Waals surface area contributed by atoms with Gasteiger partial charge in [-0.3, -0.25) is 15.6 Å². The molecule has 18 heavy (non-hydrogen) atoms. The monoisotopic (exact) mass is 285 g/mol. The minimum atomic E-state index is -0.112. The van der Waals surface area contributed by atoms with Crippen LogP contribution in [0.2, 0.25) is 5.02 Å². The summed E-state index contributed by atoms with van der Waals surface area (Å²) in [7, 11) is 0. The quantitative estimate of drug-likeness (QED) is 0.439. The molecule has 1 aromatic rings. The Kier molecular flexibility index (Phi) is 6.46. The molecule has 0 aliphatic heterocycles. The van der Waals surface area contributed by atoms with Gasteiger partial charge in [0.25, 0.3) is 0 Å². The Balaban J connectivity index is 2.13. The number of thiocarbonyl (C=S) groups is 1. The zero-order valence-electron chi connectivity index (χ0n) is 9.91. The second-order valence-corrected chi connectivity index (χ2v) is 4.75. The highest BCUT2D eigenvalue weighted by molar-refractivity contribution is 7.80. The molecule has 0 atom stereocenters. The molecule has 0 unspecified atom stereocenters. The molecule has 0 bridgehead atoms. The number of hydrogen-bond acceptors (Lipinski definition) is 2. The molecule has 0 radical (unpaired) electrons. The Morgan fingerprint density at radius 3 is 2.50 bits per heavy atom. The summed E-state index contributed by atoms with van der Waals surface area (Å²) in [6, 6.07) is 7.74. The molecule has 0 fully saturated rings. The van der Waals surface area contributed by atoms with Gasteiger partial charge < -0.3 is 5.73 Å². The van der Waals surface area contributed by atoms with Crippen molar-refractivity contribution < 1.29 is 4.79 Å². The predicted molar refractivity (Wildman–Crippen MR) is 77.1 cm³/mol. The summed E-state index contributed by atoms with van der Waals surface area (Å²) >= 11 is 10.4. The smallest absolute Gasteiger partial charge is 0.238 e. The van der Waals surface area contributed by atoms with Gasteiger partial charge in [-0.05, 0) is 49.2 Å². The molecule has 0 spiro atoms. The number of halogens is 1. The molecule has 1 aromatic carbocycles. The van der Waals surface area contributed by atoms with E-state index in [1.54, 1.807) is 0 Å². The van der Waals surface area contributed by atoms with Crippen molar-refractivity contribution in [3.05, 3.63) is 34.9 Å². The average molecular weight is 286 g/mol. The van der Waals surface area contributed by atoms with Crippen LogP contribution in [0.15, 0.2) is 24.3 Å². The minimum Gasteiger partial charge on any atom is -0.375 e. The topological polar surface area (TPSA) is 67.2 Å². The lowest BCUT2D eigenvalue weighted by atomic mass is 10.1. The highest BCUT2D eigenvalue weighted by Crippen LogP contribution is 2.12. The molecule has 98 valence electrons. The molecule has 0 saturated carbocycles. The molecule has 4 N–H and O–H groups in total. The first kappa shape index (κ1) is 14.7. The van der Waals surface area contributed by atoms with Gasteiger partial charge in [-0.25, -0.2) is 0 Å². The zero-order chi connectivity index (χ0) is 13.4. The van der Waals surface area contributed by atoms with Crippen molar-refractivity contribution in [2.24, 2.45) is 5.73 Å². The number of carbonyl (C=O) groups is 1. The number of rotatable bonds is 5. The van der Waals surface area contributed by atoms with E-state index in [2.05, 4.69) is 23.1 Å². The van der Waals surface area contributed by atoms with Crippen molar-refractivity contribution >= 4 is 34.8 Å². The maximum Gasteiger partial charge on any atom is 0.238 e. The molecule has 1 rings (SSSR count). The fourth-order valence-corrected chi connectivity index (χ4v) is 1.64. The first-order chi connectivity index (χ1) is 8.58. The van der Waals surface area contributed by atoms with Gasteiger partial charge in [-0.15, -0.1) is 0 Å². The van der Waals surface area contributed by atoms with Gasteiger partial charge in [0.1, 0.15) is 0 Å². The molecule has 0 saturated heterocycles. The second-order valence-electron chi connectivity index (χ2n) is 3.87. The molecule has 0 aromatic heterocycles. The standard InChI is InChI=1S/C12H16ClN3OS/c13-10-7-5-9(6-8-10)3-1-2-4-11(17)15-16-12(14)18/h5-8H,1-4H2,(H,15,17)(H3,14,16,18). The Labute approximate surface area is 117 Å². The van der Waals surface area contributed by atoms with E-state index in [-0.39, 0.29) is 11.0 Å². The Hall–Kier alpha value is -1.33. The van der Waals surface area contributed by atoms with E-state index >= 15 is 0 Å². The third kappa shape index (κ3) is 6.42. The molecule has 0 aliphatic rings. The fourth-order valence-electron chi connectivity index (χ4n) is 1.46. The van der Waals surface area contributed by atoms with Crippen molar-refractivity contribution in [3.63, 3.8) is 0 Å². The largest absolute Gasteiger partial charge is 0.375 e. The average Bonchev–Trinajstić information content (AvgIpc) is 2.34. The summed E-state index contributed by atoms with van der Waals surface area (Å²) in [5, 5.41) is 0.798. The SMILES string of the molecule is NC(=S)NNC(=O)CCCCc1ccc(Cl)cc1. The van der Waals surface area contributed by atoms with Gasteiger partial charge in [-0.1, -0.05) is 23.7 Å². The number of hydrogen-bond donors (Lipinski definition) is 3. The van der Waals surface area contributed by atoms with Gasteiger partial charge in [0.15, 0.2) is 5.11 Å². The van der Waals surface area contributed by atoms with Crippen LogP contribution in [-0.4, -0.2) is 11.0 Å². The van der Waals surface area contributed by atoms with Gasteiger partial charge in [-0.2, -0.15) is 0 Å². The summed E-state index contributed by atoms with van der Waals surface area (Å²) in [5.41, 5.74) is 11.2. The van der Waals surface area contributed by atoms with Crippen molar-refractivity contribution in [1.29, 1.82) is 0 Å². The van der Waals surface area contributed by atoms with Crippen molar-refractivity contribution in [1.82, 2.24) is 10.9 Å². The maximum absolute atomic E-state index is 11.3. The van der Waals surface area contributed by atoms with Crippen LogP contribution in [0, 0.1) is 0 Å². The Morgan fingerprint density at radius 2 is 1.89 bits per heavy atom. The van der Waals surface area contributed by atoms with Crippen LogP contribution in [0.25, 0.3) is 0 Å². The normalized spacial score (nSPS) is 9.83. The van der Waals surface area contributed by atoms with Crippen LogP contribution in [-0.2, 0) is 11.2 Å². The summed E-state index contributed by atoms with van der Waals surface area (Å²) in [5.74, 6) is -0.112. The highest BCUT2D eigenvalue weighted by Gasteiger charge is 2.01. The lowest BCUT2D eigenvalue weighted by Gasteiger charge is -2.06. The van der Waals surface area contributed by atoms with Crippen LogP contribution >= 0.6 is 23.8 Å². The number of carbonyl (C=O) groups excluding carboxylic acids is 1. The predicted octanol–water partition coefficient (Wildman–Crippen LogP) is 1.92. The number of benzene rings is 1. The van der Waals surface area contributed by atoms with Crippen LogP contribution in [0.5, 0.6) is 0 Å². The van der Waals surface area contributed by atoms with Gasteiger partial charge in [0.05, 0.1) is 0 Å². The minimum absolute atomic E-state index is 0.0597. The maximum atomic E-state index is 11.3. The van der Waals surface area contributed by atoms with Crippen LogP contribution in [0.3, 0.4) is 0 Å². The van der Waals surface area contributed by atoms with Crippen LogP contribution < -0.4 is 16.6 Å². The van der Waals surface area contributed by atoms with E-state index in [0.717, 1.165) is 24.3 Å². The second kappa shape index (κ2) is 7.89.